The number of hydrogen-bond donors (Lipinski definition) is 1. The summed E-state index contributed by atoms with van der Waals surface area (Å²) < 4.78 is 1.72. The molecule has 2 aliphatic heterocycles. The van der Waals surface area contributed by atoms with Crippen LogP contribution >= 0.6 is 24.0 Å². The number of aryl methyl sites for hydroxylation is 1. The average molecular weight is 489 g/mol. The number of aromatic nitrogens is 2. The van der Waals surface area contributed by atoms with Gasteiger partial charge in [0, 0.05) is 46.0 Å². The number of rotatable bonds is 5. The molecule has 9 heteroatoms. The van der Waals surface area contributed by atoms with Gasteiger partial charge in [-0.3, -0.25) is 14.5 Å². The number of amides is 1. The molecule has 2 fully saturated rings. The zero-order valence-electron chi connectivity index (χ0n) is 16.6. The molecule has 1 N–H and O–H groups in total. The van der Waals surface area contributed by atoms with Crippen LogP contribution in [0.3, 0.4) is 0 Å². The second-order valence-corrected chi connectivity index (χ2v) is 7.08. The molecule has 8 nitrogen and oxygen atoms in total. The Labute approximate surface area is 179 Å². The van der Waals surface area contributed by atoms with Gasteiger partial charge in [0.25, 0.3) is 0 Å². The highest BCUT2D eigenvalue weighted by Gasteiger charge is 2.28. The van der Waals surface area contributed by atoms with E-state index in [0.29, 0.717) is 19.0 Å². The van der Waals surface area contributed by atoms with Crippen molar-refractivity contribution < 1.29 is 4.79 Å². The van der Waals surface area contributed by atoms with Crippen molar-refractivity contribution in [2.75, 3.05) is 57.3 Å². The summed E-state index contributed by atoms with van der Waals surface area (Å²) in [6.45, 7) is 11.1. The molecule has 1 aromatic heterocycles. The van der Waals surface area contributed by atoms with Crippen LogP contribution in [0.2, 0.25) is 0 Å². The van der Waals surface area contributed by atoms with Crippen molar-refractivity contribution in [2.24, 2.45) is 18.0 Å². The second-order valence-electron chi connectivity index (χ2n) is 7.08. The summed E-state index contributed by atoms with van der Waals surface area (Å²) in [5, 5.41) is 7.52. The van der Waals surface area contributed by atoms with E-state index in [9.17, 15) is 4.79 Å². The first kappa shape index (κ1) is 21.9. The standard InChI is InChI=1S/C18H31N7O.HI/c1-4-19-18(20-10-15-6-7-23(5-2)12-15)24-8-9-25(17(26)14-24)16-11-21-22(3)13-16;/h11,13,15H,4-10,12,14H2,1-3H3,(H,19,20);1H. The van der Waals surface area contributed by atoms with Gasteiger partial charge >= 0.3 is 0 Å². The van der Waals surface area contributed by atoms with Crippen molar-refractivity contribution in [3.63, 3.8) is 0 Å². The molecule has 3 heterocycles. The third-order valence-electron chi connectivity index (χ3n) is 5.17. The quantitative estimate of drug-likeness (QED) is 0.380. The van der Waals surface area contributed by atoms with Gasteiger partial charge in [-0.05, 0) is 32.4 Å². The number of halogens is 1. The number of nitrogens with zero attached hydrogens (tertiary/aromatic N) is 6. The molecular weight excluding hydrogens is 457 g/mol. The van der Waals surface area contributed by atoms with Gasteiger partial charge in [0.2, 0.25) is 5.91 Å². The van der Waals surface area contributed by atoms with Crippen LogP contribution in [-0.4, -0.2) is 83.8 Å². The van der Waals surface area contributed by atoms with Crippen LogP contribution in [-0.2, 0) is 11.8 Å². The van der Waals surface area contributed by atoms with Gasteiger partial charge in [0.1, 0.15) is 6.54 Å². The van der Waals surface area contributed by atoms with Gasteiger partial charge in [-0.25, -0.2) is 0 Å². The first-order valence-electron chi connectivity index (χ1n) is 9.65. The van der Waals surface area contributed by atoms with Gasteiger partial charge in [-0.2, -0.15) is 5.10 Å². The van der Waals surface area contributed by atoms with Crippen molar-refractivity contribution in [1.29, 1.82) is 0 Å². The van der Waals surface area contributed by atoms with E-state index in [4.69, 9.17) is 4.99 Å². The summed E-state index contributed by atoms with van der Waals surface area (Å²) in [5.41, 5.74) is 0.865. The normalized spacial score (nSPS) is 21.5. The number of guanidine groups is 1. The number of piperazine rings is 1. The number of carbonyl (C=O) groups excluding carboxylic acids is 1. The van der Waals surface area contributed by atoms with Crippen LogP contribution in [0.5, 0.6) is 0 Å². The zero-order valence-corrected chi connectivity index (χ0v) is 18.9. The molecule has 0 aromatic carbocycles. The number of carbonyl (C=O) groups is 1. The predicted molar refractivity (Wildman–Crippen MR) is 119 cm³/mol. The van der Waals surface area contributed by atoms with Crippen molar-refractivity contribution in [1.82, 2.24) is 24.9 Å². The van der Waals surface area contributed by atoms with Crippen LogP contribution in [0.25, 0.3) is 0 Å². The molecule has 152 valence electrons. The van der Waals surface area contributed by atoms with E-state index in [1.54, 1.807) is 10.9 Å². The van der Waals surface area contributed by atoms with Gasteiger partial charge < -0.3 is 20.0 Å². The number of hydrogen-bond acceptors (Lipinski definition) is 4. The summed E-state index contributed by atoms with van der Waals surface area (Å²) in [6, 6.07) is 0. The molecule has 1 atom stereocenters. The van der Waals surface area contributed by atoms with Gasteiger partial charge in [-0.15, -0.1) is 24.0 Å². The average Bonchev–Trinajstić information content (AvgIpc) is 3.27. The van der Waals surface area contributed by atoms with E-state index in [1.165, 1.54) is 13.0 Å². The third-order valence-corrected chi connectivity index (χ3v) is 5.17. The lowest BCUT2D eigenvalue weighted by atomic mass is 10.1. The summed E-state index contributed by atoms with van der Waals surface area (Å²) >= 11 is 0. The molecule has 0 bridgehead atoms. The first-order valence-corrected chi connectivity index (χ1v) is 9.65. The lowest BCUT2D eigenvalue weighted by Crippen LogP contribution is -2.55. The fourth-order valence-electron chi connectivity index (χ4n) is 3.67. The van der Waals surface area contributed by atoms with Crippen LogP contribution in [0.1, 0.15) is 20.3 Å². The number of anilines is 1. The Kier molecular flexibility index (Phi) is 8.33. The molecular formula is C18H32IN7O. The number of likely N-dealkylation sites (tertiary alicyclic amines) is 1. The minimum Gasteiger partial charge on any atom is -0.357 e. The molecule has 0 radical (unpaired) electrons. The second kappa shape index (κ2) is 10.3. The lowest BCUT2D eigenvalue weighted by molar-refractivity contribution is -0.120. The van der Waals surface area contributed by atoms with Crippen molar-refractivity contribution in [3.8, 4) is 0 Å². The molecule has 1 aromatic rings. The maximum Gasteiger partial charge on any atom is 0.246 e. The van der Waals surface area contributed by atoms with Gasteiger partial charge in [0.15, 0.2) is 5.96 Å². The summed E-state index contributed by atoms with van der Waals surface area (Å²) in [6.07, 6.45) is 4.84. The lowest BCUT2D eigenvalue weighted by Gasteiger charge is -2.35. The Hall–Kier alpha value is -1.36. The molecule has 0 spiro atoms. The van der Waals surface area contributed by atoms with Crippen LogP contribution in [0.4, 0.5) is 5.69 Å². The Morgan fingerprint density at radius 3 is 2.74 bits per heavy atom. The highest BCUT2D eigenvalue weighted by molar-refractivity contribution is 14.0. The minimum atomic E-state index is 0. The van der Waals surface area contributed by atoms with E-state index in [2.05, 4.69) is 34.1 Å². The van der Waals surface area contributed by atoms with Crippen molar-refractivity contribution >= 4 is 41.5 Å². The van der Waals surface area contributed by atoms with Crippen molar-refractivity contribution in [2.45, 2.75) is 20.3 Å². The summed E-state index contributed by atoms with van der Waals surface area (Å²) in [7, 11) is 1.86. The van der Waals surface area contributed by atoms with E-state index in [-0.39, 0.29) is 29.9 Å². The van der Waals surface area contributed by atoms with E-state index < -0.39 is 0 Å². The largest absolute Gasteiger partial charge is 0.357 e. The van der Waals surface area contributed by atoms with E-state index in [0.717, 1.165) is 44.4 Å². The van der Waals surface area contributed by atoms with Crippen LogP contribution < -0.4 is 10.2 Å². The molecule has 1 unspecified atom stereocenters. The smallest absolute Gasteiger partial charge is 0.246 e. The summed E-state index contributed by atoms with van der Waals surface area (Å²) in [4.78, 5) is 23.8. The molecule has 2 saturated heterocycles. The topological polar surface area (TPSA) is 69.0 Å². The SMILES string of the molecule is CCNC(=NCC1CCN(CC)C1)N1CCN(c2cnn(C)c2)C(=O)C1.I. The highest BCUT2D eigenvalue weighted by atomic mass is 127. The molecule has 1 amide bonds. The summed E-state index contributed by atoms with van der Waals surface area (Å²) in [5.74, 6) is 1.57. The maximum absolute atomic E-state index is 12.6. The van der Waals surface area contributed by atoms with E-state index in [1.807, 2.05) is 18.1 Å². The molecule has 27 heavy (non-hydrogen) atoms. The fraction of sp³-hybridized carbons (Fsp3) is 0.722. The number of aliphatic imine (C=N–C) groups is 1. The van der Waals surface area contributed by atoms with Gasteiger partial charge in [-0.1, -0.05) is 6.92 Å². The van der Waals surface area contributed by atoms with Gasteiger partial charge in [0.05, 0.1) is 11.9 Å². The Morgan fingerprint density at radius 2 is 2.15 bits per heavy atom. The minimum absolute atomic E-state index is 0. The molecule has 2 aliphatic rings. The van der Waals surface area contributed by atoms with E-state index >= 15 is 0 Å². The monoisotopic (exact) mass is 489 g/mol. The molecule has 0 saturated carbocycles. The first-order chi connectivity index (χ1) is 12.6. The molecule has 3 rings (SSSR count). The van der Waals surface area contributed by atoms with Crippen LogP contribution in [0, 0.1) is 5.92 Å². The zero-order chi connectivity index (χ0) is 18.5. The van der Waals surface area contributed by atoms with Crippen LogP contribution in [0.15, 0.2) is 17.4 Å². The fourth-order valence-corrected chi connectivity index (χ4v) is 3.67. The maximum atomic E-state index is 12.6. The Balaban J connectivity index is 0.00000261. The Bertz CT molecular complexity index is 647. The number of nitrogens with one attached hydrogen (secondary N) is 1. The van der Waals surface area contributed by atoms with Crippen molar-refractivity contribution in [3.05, 3.63) is 12.4 Å². The Morgan fingerprint density at radius 1 is 1.33 bits per heavy atom. The third kappa shape index (κ3) is 5.56. The predicted octanol–water partition coefficient (Wildman–Crippen LogP) is 0.994. The highest BCUT2D eigenvalue weighted by Crippen LogP contribution is 2.18. The molecule has 0 aliphatic carbocycles.